The predicted octanol–water partition coefficient (Wildman–Crippen LogP) is 4.43. The summed E-state index contributed by atoms with van der Waals surface area (Å²) in [7, 11) is 0. The fourth-order valence-electron chi connectivity index (χ4n) is 3.50. The molecule has 0 aromatic heterocycles. The second-order valence-corrected chi connectivity index (χ2v) is 6.32. The van der Waals surface area contributed by atoms with E-state index in [4.69, 9.17) is 0 Å². The maximum atomic E-state index is 13.3. The second-order valence-electron chi connectivity index (χ2n) is 6.32. The highest BCUT2D eigenvalue weighted by atomic mass is 35.5. The van der Waals surface area contributed by atoms with Gasteiger partial charge in [-0.05, 0) is 17.2 Å². The monoisotopic (exact) mass is 385 g/mol. The van der Waals surface area contributed by atoms with Crippen LogP contribution in [0.3, 0.4) is 0 Å². The molecule has 0 spiro atoms. The Kier molecular flexibility index (Phi) is 6.31. The molecular weight excluding hydrogens is 367 g/mol. The molecule has 1 fully saturated rings. The summed E-state index contributed by atoms with van der Waals surface area (Å²) in [5.41, 5.74) is 0.335. The van der Waals surface area contributed by atoms with Crippen molar-refractivity contribution in [3.63, 3.8) is 0 Å². The molecule has 2 aromatic rings. The number of hydrogen-bond donors (Lipinski definition) is 1. The van der Waals surface area contributed by atoms with E-state index in [0.717, 1.165) is 11.6 Å². The number of hydrogen-bond acceptors (Lipinski definition) is 2. The summed E-state index contributed by atoms with van der Waals surface area (Å²) in [6, 6.07) is 14.8. The molecular formula is C19H19ClF3NO2. The van der Waals surface area contributed by atoms with Crippen molar-refractivity contribution in [2.24, 2.45) is 5.92 Å². The van der Waals surface area contributed by atoms with Gasteiger partial charge in [0.25, 0.3) is 0 Å². The summed E-state index contributed by atoms with van der Waals surface area (Å²) >= 11 is 0. The molecule has 140 valence electrons. The van der Waals surface area contributed by atoms with Gasteiger partial charge in [0, 0.05) is 25.6 Å². The number of benzene rings is 2. The van der Waals surface area contributed by atoms with Crippen LogP contribution >= 0.6 is 12.4 Å². The molecule has 1 aliphatic heterocycles. The Morgan fingerprint density at radius 2 is 1.65 bits per heavy atom. The lowest BCUT2D eigenvalue weighted by Gasteiger charge is -2.20. The molecule has 2 aromatic carbocycles. The normalized spacial score (nSPS) is 20.6. The third kappa shape index (κ3) is 4.37. The third-order valence-electron chi connectivity index (χ3n) is 4.63. The van der Waals surface area contributed by atoms with Crippen LogP contribution in [0.15, 0.2) is 54.6 Å². The summed E-state index contributed by atoms with van der Waals surface area (Å²) < 4.78 is 39.9. The Balaban J connectivity index is 0.00000243. The molecule has 0 aliphatic carbocycles. The van der Waals surface area contributed by atoms with Crippen molar-refractivity contribution in [2.45, 2.75) is 18.6 Å². The minimum atomic E-state index is -4.49. The molecule has 1 heterocycles. The van der Waals surface area contributed by atoms with Crippen LogP contribution in [0.4, 0.5) is 13.2 Å². The molecule has 0 saturated carbocycles. The van der Waals surface area contributed by atoms with E-state index in [1.807, 2.05) is 35.2 Å². The van der Waals surface area contributed by atoms with Gasteiger partial charge in [-0.2, -0.15) is 13.2 Å². The molecule has 0 unspecified atom stereocenters. The highest BCUT2D eigenvalue weighted by Crippen LogP contribution is 2.41. The fraction of sp³-hybridized carbons (Fsp3) is 0.316. The number of rotatable bonds is 4. The van der Waals surface area contributed by atoms with Gasteiger partial charge < -0.3 is 5.11 Å². The molecule has 0 amide bonds. The minimum Gasteiger partial charge on any atom is -0.481 e. The zero-order valence-corrected chi connectivity index (χ0v) is 14.6. The van der Waals surface area contributed by atoms with Crippen LogP contribution in [-0.2, 0) is 17.5 Å². The van der Waals surface area contributed by atoms with Crippen molar-refractivity contribution in [1.29, 1.82) is 0 Å². The van der Waals surface area contributed by atoms with Gasteiger partial charge in [0.15, 0.2) is 0 Å². The highest BCUT2D eigenvalue weighted by Gasteiger charge is 2.43. The van der Waals surface area contributed by atoms with E-state index < -0.39 is 29.5 Å². The topological polar surface area (TPSA) is 40.5 Å². The third-order valence-corrected chi connectivity index (χ3v) is 4.63. The van der Waals surface area contributed by atoms with Gasteiger partial charge in [-0.15, -0.1) is 12.4 Å². The number of nitrogens with zero attached hydrogens (tertiary/aromatic N) is 1. The number of carboxylic acids is 1. The van der Waals surface area contributed by atoms with Crippen molar-refractivity contribution in [1.82, 2.24) is 4.90 Å². The first-order valence-electron chi connectivity index (χ1n) is 8.01. The molecule has 3 rings (SSSR count). The fourth-order valence-corrected chi connectivity index (χ4v) is 3.50. The summed E-state index contributed by atoms with van der Waals surface area (Å²) in [6.45, 7) is 1.05. The van der Waals surface area contributed by atoms with E-state index >= 15 is 0 Å². The van der Waals surface area contributed by atoms with Crippen molar-refractivity contribution in [3.8, 4) is 0 Å². The molecule has 1 N–H and O–H groups in total. The largest absolute Gasteiger partial charge is 0.481 e. The van der Waals surface area contributed by atoms with Crippen LogP contribution in [0.2, 0.25) is 0 Å². The molecule has 26 heavy (non-hydrogen) atoms. The summed E-state index contributed by atoms with van der Waals surface area (Å²) in [4.78, 5) is 13.5. The lowest BCUT2D eigenvalue weighted by molar-refractivity contribution is -0.143. The Morgan fingerprint density at radius 3 is 2.27 bits per heavy atom. The van der Waals surface area contributed by atoms with E-state index in [-0.39, 0.29) is 24.5 Å². The Bertz CT molecular complexity index is 752. The van der Waals surface area contributed by atoms with Gasteiger partial charge in [0.05, 0.1) is 11.5 Å². The van der Waals surface area contributed by atoms with Crippen LogP contribution < -0.4 is 0 Å². The lowest BCUT2D eigenvalue weighted by Crippen LogP contribution is -2.23. The average molecular weight is 386 g/mol. The quantitative estimate of drug-likeness (QED) is 0.846. The van der Waals surface area contributed by atoms with Gasteiger partial charge in [-0.1, -0.05) is 48.5 Å². The molecule has 0 radical (unpaired) electrons. The van der Waals surface area contributed by atoms with Crippen LogP contribution in [0.25, 0.3) is 0 Å². The number of aliphatic carboxylic acids is 1. The van der Waals surface area contributed by atoms with Gasteiger partial charge >= 0.3 is 12.1 Å². The maximum absolute atomic E-state index is 13.3. The van der Waals surface area contributed by atoms with E-state index in [2.05, 4.69) is 0 Å². The van der Waals surface area contributed by atoms with Crippen LogP contribution in [-0.4, -0.2) is 29.1 Å². The Morgan fingerprint density at radius 1 is 1.04 bits per heavy atom. The van der Waals surface area contributed by atoms with Crippen molar-refractivity contribution in [3.05, 3.63) is 71.3 Å². The standard InChI is InChI=1S/C19H18F3NO2.ClH/c20-19(21,22)17-9-5-4-8-14(17)15-11-23(12-16(15)18(24)25)10-13-6-2-1-3-7-13;/h1-9,15-16H,10-12H2,(H,24,25);1H/t15-,16-;/m0./s1. The molecule has 1 aliphatic rings. The molecule has 0 bridgehead atoms. The van der Waals surface area contributed by atoms with Crippen molar-refractivity contribution < 1.29 is 23.1 Å². The van der Waals surface area contributed by atoms with Crippen molar-refractivity contribution in [2.75, 3.05) is 13.1 Å². The zero-order chi connectivity index (χ0) is 18.0. The van der Waals surface area contributed by atoms with Crippen LogP contribution in [0.5, 0.6) is 0 Å². The Labute approximate surface area is 155 Å². The smallest absolute Gasteiger partial charge is 0.416 e. The molecule has 1 saturated heterocycles. The van der Waals surface area contributed by atoms with Gasteiger partial charge in [0.2, 0.25) is 0 Å². The van der Waals surface area contributed by atoms with E-state index in [1.165, 1.54) is 18.2 Å². The number of halogens is 4. The van der Waals surface area contributed by atoms with Gasteiger partial charge in [0.1, 0.15) is 0 Å². The molecule has 3 nitrogen and oxygen atoms in total. The Hall–Kier alpha value is -2.05. The van der Waals surface area contributed by atoms with Crippen LogP contribution in [0, 0.1) is 5.92 Å². The summed E-state index contributed by atoms with van der Waals surface area (Å²) in [6.07, 6.45) is -4.49. The number of alkyl halides is 3. The molecule has 2 atom stereocenters. The number of carbonyl (C=O) groups is 1. The van der Waals surface area contributed by atoms with E-state index in [0.29, 0.717) is 13.1 Å². The molecule has 7 heteroatoms. The first kappa shape index (κ1) is 20.3. The van der Waals surface area contributed by atoms with Gasteiger partial charge in [-0.25, -0.2) is 0 Å². The second kappa shape index (κ2) is 8.10. The van der Waals surface area contributed by atoms with E-state index in [9.17, 15) is 23.1 Å². The van der Waals surface area contributed by atoms with Crippen molar-refractivity contribution >= 4 is 18.4 Å². The van der Waals surface area contributed by atoms with E-state index in [1.54, 1.807) is 0 Å². The maximum Gasteiger partial charge on any atom is 0.416 e. The number of carboxylic acid groups (broad SMARTS) is 1. The first-order valence-corrected chi connectivity index (χ1v) is 8.01. The minimum absolute atomic E-state index is 0. The summed E-state index contributed by atoms with van der Waals surface area (Å²) in [5, 5.41) is 9.51. The SMILES string of the molecule is Cl.O=C(O)[C@H]1CN(Cc2ccccc2)C[C@H]1c1ccccc1C(F)(F)F. The average Bonchev–Trinajstić information content (AvgIpc) is 2.99. The van der Waals surface area contributed by atoms with Crippen LogP contribution in [0.1, 0.15) is 22.6 Å². The lowest BCUT2D eigenvalue weighted by atomic mass is 9.86. The summed E-state index contributed by atoms with van der Waals surface area (Å²) in [5.74, 6) is -2.59. The zero-order valence-electron chi connectivity index (χ0n) is 13.8. The number of likely N-dealkylation sites (tertiary alicyclic amines) is 1. The first-order chi connectivity index (χ1) is 11.9. The predicted molar refractivity (Wildman–Crippen MR) is 94.3 cm³/mol. The highest BCUT2D eigenvalue weighted by molar-refractivity contribution is 5.85. The van der Waals surface area contributed by atoms with Gasteiger partial charge in [-0.3, -0.25) is 9.69 Å².